The molecular weight excluding hydrogens is 173 g/mol. The van der Waals surface area contributed by atoms with Crippen molar-refractivity contribution in [3.05, 3.63) is 11.3 Å². The van der Waals surface area contributed by atoms with Crippen LogP contribution < -0.4 is 5.44 Å². The number of ketones is 1. The Morgan fingerprint density at radius 2 is 2.25 bits per heavy atom. The van der Waals surface area contributed by atoms with E-state index in [4.69, 9.17) is 4.52 Å². The van der Waals surface area contributed by atoms with Crippen LogP contribution in [0, 0.1) is 6.92 Å². The molecule has 0 aliphatic heterocycles. The third-order valence-electron chi connectivity index (χ3n) is 1.56. The number of aryl methyl sites for hydroxylation is 1. The molecule has 1 rings (SSSR count). The van der Waals surface area contributed by atoms with Gasteiger partial charge in [0.05, 0.1) is 6.30 Å². The summed E-state index contributed by atoms with van der Waals surface area (Å²) >= 11 is 0. The molecule has 0 aliphatic carbocycles. The molecular formula is C8H11NO2P+. The van der Waals surface area contributed by atoms with E-state index in [0.29, 0.717) is 11.3 Å². The van der Waals surface area contributed by atoms with Crippen molar-refractivity contribution in [1.29, 1.82) is 0 Å². The highest BCUT2D eigenvalue weighted by molar-refractivity contribution is 7.62. The molecule has 1 unspecified atom stereocenters. The van der Waals surface area contributed by atoms with Crippen molar-refractivity contribution < 1.29 is 9.32 Å². The van der Waals surface area contributed by atoms with Crippen molar-refractivity contribution >= 4 is 25.1 Å². The van der Waals surface area contributed by atoms with Gasteiger partial charge in [0, 0.05) is 0 Å². The summed E-state index contributed by atoms with van der Waals surface area (Å²) in [6, 6.07) is 0. The number of hydrogen-bond acceptors (Lipinski definition) is 3. The number of nitrogens with zero attached hydrogens (tertiary/aromatic N) is 1. The molecule has 0 spiro atoms. The molecule has 0 saturated carbocycles. The molecule has 0 amide bonds. The molecule has 0 aromatic carbocycles. The summed E-state index contributed by atoms with van der Waals surface area (Å²) in [7, 11) is -0.604. The Bertz CT molecular complexity index is 341. The van der Waals surface area contributed by atoms with Crippen molar-refractivity contribution in [3.8, 4) is 0 Å². The average molecular weight is 184 g/mol. The van der Waals surface area contributed by atoms with Crippen LogP contribution in [0.4, 0.5) is 0 Å². The minimum Gasteiger partial charge on any atom is -0.357 e. The van der Waals surface area contributed by atoms with Crippen molar-refractivity contribution in [2.24, 2.45) is 0 Å². The molecule has 0 saturated heterocycles. The summed E-state index contributed by atoms with van der Waals surface area (Å²) in [6.45, 7) is 5.20. The average Bonchev–Trinajstić information content (AvgIpc) is 2.30. The maximum absolute atomic E-state index is 11.1. The second-order valence-corrected chi connectivity index (χ2v) is 4.51. The summed E-state index contributed by atoms with van der Waals surface area (Å²) in [5.74, 6) is 0.595. The largest absolute Gasteiger partial charge is 0.357 e. The first-order chi connectivity index (χ1) is 5.54. The van der Waals surface area contributed by atoms with Gasteiger partial charge in [-0.15, -0.1) is 0 Å². The minimum absolute atomic E-state index is 0.00162. The van der Waals surface area contributed by atoms with E-state index in [1.54, 1.807) is 6.92 Å². The lowest BCUT2D eigenvalue weighted by atomic mass is 10.2. The lowest BCUT2D eigenvalue weighted by molar-refractivity contribution is 0.101. The zero-order valence-corrected chi connectivity index (χ0v) is 8.31. The molecule has 1 aromatic heterocycles. The third kappa shape index (κ3) is 1.46. The molecule has 12 heavy (non-hydrogen) atoms. The quantitative estimate of drug-likeness (QED) is 0.514. The van der Waals surface area contributed by atoms with E-state index in [9.17, 15) is 4.79 Å². The van der Waals surface area contributed by atoms with Crippen LogP contribution in [0.25, 0.3) is 0 Å². The lowest BCUT2D eigenvalue weighted by Gasteiger charge is -1.87. The molecule has 4 heteroatoms. The number of rotatable bonds is 2. The number of carbonyl (C=O) groups excluding carboxylic acids is 1. The van der Waals surface area contributed by atoms with Crippen LogP contribution in [0.5, 0.6) is 0 Å². The van der Waals surface area contributed by atoms with E-state index >= 15 is 0 Å². The highest BCUT2D eigenvalue weighted by atomic mass is 31.1. The van der Waals surface area contributed by atoms with E-state index < -0.39 is 7.55 Å². The molecule has 0 radical (unpaired) electrons. The lowest BCUT2D eigenvalue weighted by Crippen LogP contribution is -2.09. The van der Waals surface area contributed by atoms with E-state index in [-0.39, 0.29) is 5.78 Å². The molecule has 0 bridgehead atoms. The highest BCUT2D eigenvalue weighted by Crippen LogP contribution is 2.18. The summed E-state index contributed by atoms with van der Waals surface area (Å²) in [5, 5.41) is 3.81. The highest BCUT2D eigenvalue weighted by Gasteiger charge is 2.23. The molecule has 0 N–H and O–H groups in total. The maximum Gasteiger partial charge on any atom is 0.286 e. The van der Waals surface area contributed by atoms with Gasteiger partial charge in [-0.05, 0) is 19.0 Å². The summed E-state index contributed by atoms with van der Waals surface area (Å²) in [5.41, 5.74) is 1.33. The predicted octanol–water partition coefficient (Wildman–Crippen LogP) is 1.35. The van der Waals surface area contributed by atoms with Crippen LogP contribution in [0.2, 0.25) is 0 Å². The van der Waals surface area contributed by atoms with Gasteiger partial charge >= 0.3 is 0 Å². The Morgan fingerprint density at radius 1 is 1.67 bits per heavy atom. The van der Waals surface area contributed by atoms with E-state index in [2.05, 4.69) is 11.5 Å². The van der Waals surface area contributed by atoms with E-state index in [1.165, 1.54) is 6.92 Å². The monoisotopic (exact) mass is 184 g/mol. The molecule has 0 aliphatic rings. The number of hydrogen-bond donors (Lipinski definition) is 0. The standard InChI is InChI=1S/C8H11NO2P/c1-5(10)7-6(2)11-9-8(7)12(3)4/h3H2,1-2,4H3/q+1. The first kappa shape index (κ1) is 9.14. The fourth-order valence-corrected chi connectivity index (χ4v) is 1.90. The molecule has 1 heterocycles. The van der Waals surface area contributed by atoms with Gasteiger partial charge in [-0.25, -0.2) is 0 Å². The fourth-order valence-electron chi connectivity index (χ4n) is 1.03. The van der Waals surface area contributed by atoms with Crippen molar-refractivity contribution in [3.63, 3.8) is 0 Å². The zero-order valence-electron chi connectivity index (χ0n) is 7.42. The molecule has 1 atom stereocenters. The van der Waals surface area contributed by atoms with Crippen molar-refractivity contribution in [2.45, 2.75) is 13.8 Å². The third-order valence-corrected chi connectivity index (χ3v) is 2.59. The van der Waals surface area contributed by atoms with Gasteiger partial charge in [0.1, 0.15) is 25.5 Å². The normalized spacial score (nSPS) is 11.4. The fraction of sp³-hybridized carbons (Fsp3) is 0.375. The second-order valence-electron chi connectivity index (χ2n) is 2.69. The van der Waals surface area contributed by atoms with Gasteiger partial charge in [0.25, 0.3) is 5.44 Å². The number of aromatic nitrogens is 1. The Hall–Kier alpha value is -0.950. The van der Waals surface area contributed by atoms with E-state index in [1.807, 2.05) is 6.66 Å². The van der Waals surface area contributed by atoms with Gasteiger partial charge in [-0.3, -0.25) is 4.79 Å². The number of carbonyl (C=O) groups is 1. The Morgan fingerprint density at radius 3 is 2.58 bits per heavy atom. The topological polar surface area (TPSA) is 43.1 Å². The van der Waals surface area contributed by atoms with Crippen LogP contribution in [0.15, 0.2) is 4.52 Å². The van der Waals surface area contributed by atoms with Gasteiger partial charge in [0.15, 0.2) is 5.78 Å². The molecule has 64 valence electrons. The molecule has 0 fully saturated rings. The van der Waals surface area contributed by atoms with Gasteiger partial charge in [-0.1, -0.05) is 0 Å². The van der Waals surface area contributed by atoms with Crippen molar-refractivity contribution in [2.75, 3.05) is 6.66 Å². The maximum atomic E-state index is 11.1. The molecule has 1 aromatic rings. The summed E-state index contributed by atoms with van der Waals surface area (Å²) in [4.78, 5) is 11.1. The van der Waals surface area contributed by atoms with Crippen LogP contribution in [-0.4, -0.2) is 23.9 Å². The minimum atomic E-state index is -0.604. The SMILES string of the molecule is C=[P+](C)c1noc(C)c1C(C)=O. The van der Waals surface area contributed by atoms with Crippen LogP contribution >= 0.6 is 7.55 Å². The Kier molecular flexibility index (Phi) is 2.43. The summed E-state index contributed by atoms with van der Waals surface area (Å²) < 4.78 is 4.92. The van der Waals surface area contributed by atoms with Gasteiger partial charge < -0.3 is 4.52 Å². The smallest absolute Gasteiger partial charge is 0.286 e. The van der Waals surface area contributed by atoms with Gasteiger partial charge in [-0.2, -0.15) is 0 Å². The molecule has 3 nitrogen and oxygen atoms in total. The first-order valence-electron chi connectivity index (χ1n) is 3.55. The Balaban J connectivity index is 3.31. The first-order valence-corrected chi connectivity index (χ1v) is 5.53. The second kappa shape index (κ2) is 3.20. The zero-order chi connectivity index (χ0) is 9.30. The van der Waals surface area contributed by atoms with Crippen LogP contribution in [-0.2, 0) is 0 Å². The number of Topliss-reactive ketones (excluding diaryl/α,β-unsaturated/α-hetero) is 1. The van der Waals surface area contributed by atoms with Crippen LogP contribution in [0.1, 0.15) is 23.0 Å². The Labute approximate surface area is 72.1 Å². The van der Waals surface area contributed by atoms with E-state index in [0.717, 1.165) is 5.44 Å². The predicted molar refractivity (Wildman–Crippen MR) is 50.8 cm³/mol. The van der Waals surface area contributed by atoms with Gasteiger partial charge in [0.2, 0.25) is 0 Å². The summed E-state index contributed by atoms with van der Waals surface area (Å²) in [6.07, 6.45) is 3.86. The van der Waals surface area contributed by atoms with Crippen molar-refractivity contribution in [1.82, 2.24) is 5.16 Å². The van der Waals surface area contributed by atoms with Crippen LogP contribution in [0.3, 0.4) is 0 Å².